The molecule has 2 heterocycles. The van der Waals surface area contributed by atoms with Crippen LogP contribution in [0.3, 0.4) is 0 Å². The van der Waals surface area contributed by atoms with Gasteiger partial charge in [-0.25, -0.2) is 0 Å². The van der Waals surface area contributed by atoms with E-state index in [0.29, 0.717) is 0 Å². The largest absolute Gasteiger partial charge is 0.309 e. The first kappa shape index (κ1) is 48.8. The van der Waals surface area contributed by atoms with Crippen LogP contribution in [-0.4, -0.2) is 9.13 Å². The van der Waals surface area contributed by atoms with Gasteiger partial charge in [0.05, 0.1) is 28.5 Å². The molecule has 0 N–H and O–H groups in total. The molecule has 17 aromatic carbocycles. The minimum absolute atomic E-state index is 1.11. The fourth-order valence-electron chi connectivity index (χ4n) is 15.5. The molecule has 0 amide bonds. The zero-order chi connectivity index (χ0) is 57.6. The Hall–Kier alpha value is -11.6. The summed E-state index contributed by atoms with van der Waals surface area (Å²) in [5.41, 5.74) is 16.1. The normalized spacial score (nSPS) is 12.1. The summed E-state index contributed by atoms with van der Waals surface area (Å²) in [4.78, 5) is 0. The highest BCUT2D eigenvalue weighted by atomic mass is 15.0. The first-order valence-electron chi connectivity index (χ1n) is 30.6. The van der Waals surface area contributed by atoms with Crippen molar-refractivity contribution in [1.29, 1.82) is 0 Å². The van der Waals surface area contributed by atoms with Crippen molar-refractivity contribution in [2.75, 3.05) is 0 Å². The average Bonchev–Trinajstić information content (AvgIpc) is 0.789. The first-order valence-corrected chi connectivity index (χ1v) is 30.6. The van der Waals surface area contributed by atoms with E-state index in [4.69, 9.17) is 0 Å². The molecule has 406 valence electrons. The van der Waals surface area contributed by atoms with Gasteiger partial charge in [0.15, 0.2) is 0 Å². The Labute approximate surface area is 508 Å². The highest BCUT2D eigenvalue weighted by Crippen LogP contribution is 2.52. The summed E-state index contributed by atoms with van der Waals surface area (Å²) in [7, 11) is 0. The molecule has 0 unspecified atom stereocenters. The molecule has 0 aliphatic rings. The van der Waals surface area contributed by atoms with Gasteiger partial charge in [-0.3, -0.25) is 0 Å². The molecule has 19 aromatic rings. The van der Waals surface area contributed by atoms with Crippen molar-refractivity contribution in [2.45, 2.75) is 0 Å². The Bertz CT molecular complexity index is 5800. The van der Waals surface area contributed by atoms with Crippen LogP contribution in [0.2, 0.25) is 0 Å². The minimum Gasteiger partial charge on any atom is -0.309 e. The van der Waals surface area contributed by atoms with E-state index in [1.54, 1.807) is 0 Å². The summed E-state index contributed by atoms with van der Waals surface area (Å²) in [6.45, 7) is 0. The lowest BCUT2D eigenvalue weighted by atomic mass is 9.82. The molecular formula is C86H52N2. The summed E-state index contributed by atoms with van der Waals surface area (Å²) in [6, 6.07) is 118. The van der Waals surface area contributed by atoms with Crippen molar-refractivity contribution in [3.63, 3.8) is 0 Å². The Kier molecular flexibility index (Phi) is 10.5. The van der Waals surface area contributed by atoms with Crippen LogP contribution in [0.1, 0.15) is 0 Å². The molecule has 88 heavy (non-hydrogen) atoms. The van der Waals surface area contributed by atoms with Crippen molar-refractivity contribution in [3.8, 4) is 78.7 Å². The zero-order valence-electron chi connectivity index (χ0n) is 47.9. The van der Waals surface area contributed by atoms with Crippen LogP contribution in [0.5, 0.6) is 0 Å². The predicted molar refractivity (Wildman–Crippen MR) is 375 cm³/mol. The second-order valence-electron chi connectivity index (χ2n) is 23.8. The van der Waals surface area contributed by atoms with Gasteiger partial charge in [-0.2, -0.15) is 0 Å². The highest BCUT2D eigenvalue weighted by Gasteiger charge is 2.27. The molecule has 0 fully saturated rings. The van der Waals surface area contributed by atoms with Crippen LogP contribution in [-0.2, 0) is 0 Å². The molecule has 0 saturated heterocycles. The molecule has 19 rings (SSSR count). The van der Waals surface area contributed by atoms with Gasteiger partial charge >= 0.3 is 0 Å². The number of aromatic nitrogens is 2. The van der Waals surface area contributed by atoms with Crippen LogP contribution < -0.4 is 0 Å². The monoisotopic (exact) mass is 1110 g/mol. The maximum absolute atomic E-state index is 2.58. The lowest BCUT2D eigenvalue weighted by Crippen LogP contribution is -2.04. The Morgan fingerprint density at radius 3 is 1.02 bits per heavy atom. The molecule has 0 bridgehead atoms. The number of fused-ring (bicyclic) bond motifs is 6. The molecule has 0 atom stereocenters. The second-order valence-corrected chi connectivity index (χ2v) is 23.8. The van der Waals surface area contributed by atoms with Crippen LogP contribution in [0, 0.1) is 0 Å². The Balaban J connectivity index is 0.989. The molecule has 0 aliphatic carbocycles. The number of hydrogen-bond acceptors (Lipinski definition) is 0. The van der Waals surface area contributed by atoms with Gasteiger partial charge < -0.3 is 9.13 Å². The van der Waals surface area contributed by atoms with E-state index in [0.717, 1.165) is 50.7 Å². The van der Waals surface area contributed by atoms with Crippen molar-refractivity contribution >= 4 is 108 Å². The van der Waals surface area contributed by atoms with Crippen molar-refractivity contribution in [1.82, 2.24) is 9.13 Å². The van der Waals surface area contributed by atoms with Crippen LogP contribution in [0.15, 0.2) is 315 Å². The lowest BCUT2D eigenvalue weighted by Gasteiger charge is -2.25. The highest BCUT2D eigenvalue weighted by molar-refractivity contribution is 6.36. The molecule has 2 nitrogen and oxygen atoms in total. The summed E-state index contributed by atoms with van der Waals surface area (Å²) in [6.07, 6.45) is 0. The molecule has 0 radical (unpaired) electrons. The molecular weight excluding hydrogens is 1060 g/mol. The zero-order valence-corrected chi connectivity index (χ0v) is 47.9. The predicted octanol–water partition coefficient (Wildman–Crippen LogP) is 23.7. The standard InChI is InChI=1S/C86H52N2/c1-5-19-53(20-6-1)77-45-46-78(54-21-7-2-8-22-54)87(77)61-40-39-59-50-76-74(51-60(59)49-61)75(62-41-42-71-66-33-15-29-57-27-13-31-64(82(57)66)68-36-17-35-63(62)84(68)71)52-81(88-79(55-23-9-3-10-24-55)47-48-80(88)56-25-11-4-12-26-56)86(76)73-44-43-72-67-34-16-30-58-28-14-32-65(83(58)67)69-37-18-38-70(73)85(69)72/h1-52H. The third-order valence-electron chi connectivity index (χ3n) is 19.2. The van der Waals surface area contributed by atoms with E-state index in [2.05, 4.69) is 325 Å². The second kappa shape index (κ2) is 19.0. The molecule has 0 aliphatic heterocycles. The summed E-state index contributed by atoms with van der Waals surface area (Å²) < 4.78 is 5.02. The van der Waals surface area contributed by atoms with Crippen molar-refractivity contribution in [3.05, 3.63) is 315 Å². The topological polar surface area (TPSA) is 9.86 Å². The Morgan fingerprint density at radius 1 is 0.182 bits per heavy atom. The quantitative estimate of drug-likeness (QED) is 0.106. The smallest absolute Gasteiger partial charge is 0.0553 e. The van der Waals surface area contributed by atoms with E-state index in [1.165, 1.54) is 136 Å². The maximum atomic E-state index is 2.58. The van der Waals surface area contributed by atoms with Gasteiger partial charge in [0.25, 0.3) is 0 Å². The molecule has 0 spiro atoms. The van der Waals surface area contributed by atoms with Crippen LogP contribution in [0.25, 0.3) is 186 Å². The first-order chi connectivity index (χ1) is 43.7. The van der Waals surface area contributed by atoms with Crippen molar-refractivity contribution in [2.24, 2.45) is 0 Å². The van der Waals surface area contributed by atoms with Gasteiger partial charge in [-0.15, -0.1) is 0 Å². The van der Waals surface area contributed by atoms with Crippen molar-refractivity contribution < 1.29 is 0 Å². The van der Waals surface area contributed by atoms with E-state index >= 15 is 0 Å². The van der Waals surface area contributed by atoms with E-state index in [1.807, 2.05) is 0 Å². The van der Waals surface area contributed by atoms with Gasteiger partial charge in [0.2, 0.25) is 0 Å². The number of rotatable bonds is 8. The maximum Gasteiger partial charge on any atom is 0.0553 e. The van der Waals surface area contributed by atoms with Gasteiger partial charge in [-0.1, -0.05) is 261 Å². The van der Waals surface area contributed by atoms with E-state index in [-0.39, 0.29) is 0 Å². The number of benzene rings is 17. The van der Waals surface area contributed by atoms with Gasteiger partial charge in [0, 0.05) is 11.3 Å². The van der Waals surface area contributed by atoms with Crippen LogP contribution >= 0.6 is 0 Å². The number of hydrogen-bond donors (Lipinski definition) is 0. The lowest BCUT2D eigenvalue weighted by molar-refractivity contribution is 1.10. The van der Waals surface area contributed by atoms with Gasteiger partial charge in [-0.05, 0) is 201 Å². The minimum atomic E-state index is 1.11. The summed E-state index contributed by atoms with van der Waals surface area (Å²) >= 11 is 0. The molecule has 0 saturated carbocycles. The third-order valence-corrected chi connectivity index (χ3v) is 19.2. The van der Waals surface area contributed by atoms with Gasteiger partial charge in [0.1, 0.15) is 0 Å². The Morgan fingerprint density at radius 2 is 0.557 bits per heavy atom. The fourth-order valence-corrected chi connectivity index (χ4v) is 15.5. The average molecular weight is 1110 g/mol. The third kappa shape index (κ3) is 7.12. The molecule has 2 heteroatoms. The molecule has 2 aromatic heterocycles. The van der Waals surface area contributed by atoms with Crippen LogP contribution in [0.4, 0.5) is 0 Å². The van der Waals surface area contributed by atoms with E-state index < -0.39 is 0 Å². The fraction of sp³-hybridized carbons (Fsp3) is 0. The summed E-state index contributed by atoms with van der Waals surface area (Å²) in [5.74, 6) is 0. The SMILES string of the molecule is c1ccc(-c2ccc(-c3ccccc3)n2-c2ccc3cc4c(-c5ccc6c7cccc8cccc(c9cccc5c96)c87)c(-n5c(-c6ccccc6)ccc5-c5ccccc5)cc(-c5ccc6c7cccc8cccc(c9cccc5c96)c87)c4cc3c2)cc1. The number of nitrogens with zero attached hydrogens (tertiary/aromatic N) is 2. The van der Waals surface area contributed by atoms with E-state index in [9.17, 15) is 0 Å². The summed E-state index contributed by atoms with van der Waals surface area (Å²) in [5, 5.41) is 25.1.